The van der Waals surface area contributed by atoms with Gasteiger partial charge in [-0.05, 0) is 36.4 Å². The number of rotatable bonds is 4. The summed E-state index contributed by atoms with van der Waals surface area (Å²) in [6, 6.07) is 17.3. The van der Waals surface area contributed by atoms with Gasteiger partial charge in [-0.25, -0.2) is 0 Å². The van der Waals surface area contributed by atoms with Crippen LogP contribution in [0.5, 0.6) is 0 Å². The maximum Gasteiger partial charge on any atom is 0.229 e. The van der Waals surface area contributed by atoms with Crippen LogP contribution < -0.4 is 15.1 Å². The predicted molar refractivity (Wildman–Crippen MR) is 105 cm³/mol. The molecule has 0 aromatic heterocycles. The number of morpholine rings is 1. The van der Waals surface area contributed by atoms with Crippen LogP contribution >= 0.6 is 0 Å². The second-order valence-corrected chi connectivity index (χ2v) is 6.88. The highest BCUT2D eigenvalue weighted by Crippen LogP contribution is 2.26. The highest BCUT2D eigenvalue weighted by Gasteiger charge is 2.35. The molecule has 140 valence electrons. The minimum atomic E-state index is -0.336. The lowest BCUT2D eigenvalue weighted by atomic mass is 10.1. The van der Waals surface area contributed by atoms with Gasteiger partial charge < -0.3 is 19.9 Å². The first kappa shape index (κ1) is 17.5. The second kappa shape index (κ2) is 7.80. The van der Waals surface area contributed by atoms with Crippen LogP contribution in [0.3, 0.4) is 0 Å². The van der Waals surface area contributed by atoms with Gasteiger partial charge in [0.15, 0.2) is 0 Å². The van der Waals surface area contributed by atoms with Crippen molar-refractivity contribution in [1.82, 2.24) is 0 Å². The van der Waals surface area contributed by atoms with Gasteiger partial charge in [-0.2, -0.15) is 0 Å². The standard InChI is InChI=1S/C21H23N3O3/c25-20-14-16(15-24(20)19-4-2-1-3-5-19)21(26)22-17-6-8-18(9-7-17)23-10-12-27-13-11-23/h1-9,16H,10-15H2,(H,22,26)/t16-/m0/s1. The fraction of sp³-hybridized carbons (Fsp3) is 0.333. The summed E-state index contributed by atoms with van der Waals surface area (Å²) in [5.41, 5.74) is 2.72. The molecule has 0 bridgehead atoms. The quantitative estimate of drug-likeness (QED) is 0.904. The number of hydrogen-bond acceptors (Lipinski definition) is 4. The summed E-state index contributed by atoms with van der Waals surface area (Å²) in [7, 11) is 0. The topological polar surface area (TPSA) is 61.9 Å². The minimum absolute atomic E-state index is 0.0102. The van der Waals surface area contributed by atoms with E-state index in [9.17, 15) is 9.59 Å². The molecule has 6 nitrogen and oxygen atoms in total. The molecule has 1 atom stereocenters. The minimum Gasteiger partial charge on any atom is -0.378 e. The van der Waals surface area contributed by atoms with Gasteiger partial charge in [0.2, 0.25) is 11.8 Å². The molecule has 0 unspecified atom stereocenters. The fourth-order valence-corrected chi connectivity index (χ4v) is 3.56. The van der Waals surface area contributed by atoms with Crippen molar-refractivity contribution in [3.05, 3.63) is 54.6 Å². The number of carbonyl (C=O) groups excluding carboxylic acids is 2. The Bertz CT molecular complexity index is 801. The van der Waals surface area contributed by atoms with Crippen molar-refractivity contribution in [2.45, 2.75) is 6.42 Å². The van der Waals surface area contributed by atoms with Crippen LogP contribution in [0, 0.1) is 5.92 Å². The summed E-state index contributed by atoms with van der Waals surface area (Å²) in [5, 5.41) is 2.95. The molecule has 1 N–H and O–H groups in total. The molecule has 2 aliphatic heterocycles. The summed E-state index contributed by atoms with van der Waals surface area (Å²) >= 11 is 0. The maximum atomic E-state index is 12.6. The Morgan fingerprint density at radius 1 is 0.963 bits per heavy atom. The highest BCUT2D eigenvalue weighted by molar-refractivity contribution is 6.03. The number of nitrogens with one attached hydrogen (secondary N) is 1. The summed E-state index contributed by atoms with van der Waals surface area (Å²) in [6.07, 6.45) is 0.243. The normalized spacial score (nSPS) is 20.0. The van der Waals surface area contributed by atoms with Gasteiger partial charge in [-0.3, -0.25) is 9.59 Å². The molecule has 2 fully saturated rings. The first-order valence-electron chi connectivity index (χ1n) is 9.30. The Morgan fingerprint density at radius 3 is 2.37 bits per heavy atom. The predicted octanol–water partition coefficient (Wildman–Crippen LogP) is 2.51. The Kier molecular flexibility index (Phi) is 5.07. The van der Waals surface area contributed by atoms with Crippen molar-refractivity contribution in [3.8, 4) is 0 Å². The molecule has 6 heteroatoms. The van der Waals surface area contributed by atoms with E-state index in [0.29, 0.717) is 6.54 Å². The summed E-state index contributed by atoms with van der Waals surface area (Å²) in [4.78, 5) is 28.9. The number of amides is 2. The van der Waals surface area contributed by atoms with E-state index in [1.807, 2.05) is 54.6 Å². The Hall–Kier alpha value is -2.86. The largest absolute Gasteiger partial charge is 0.378 e. The van der Waals surface area contributed by atoms with Crippen LogP contribution in [0.2, 0.25) is 0 Å². The van der Waals surface area contributed by atoms with Gasteiger partial charge in [0.25, 0.3) is 0 Å². The highest BCUT2D eigenvalue weighted by atomic mass is 16.5. The third kappa shape index (κ3) is 3.95. The molecule has 2 aliphatic rings. The van der Waals surface area contributed by atoms with E-state index in [4.69, 9.17) is 4.74 Å². The molecule has 2 amide bonds. The Labute approximate surface area is 158 Å². The first-order valence-corrected chi connectivity index (χ1v) is 9.30. The monoisotopic (exact) mass is 365 g/mol. The van der Waals surface area contributed by atoms with Crippen molar-refractivity contribution in [3.63, 3.8) is 0 Å². The fourth-order valence-electron chi connectivity index (χ4n) is 3.56. The molecule has 2 aromatic rings. The zero-order valence-corrected chi connectivity index (χ0v) is 15.1. The molecule has 0 radical (unpaired) electrons. The molecule has 0 aliphatic carbocycles. The number of benzene rings is 2. The SMILES string of the molecule is O=C(Nc1ccc(N2CCOCC2)cc1)[C@H]1CC(=O)N(c2ccccc2)C1. The Morgan fingerprint density at radius 2 is 1.67 bits per heavy atom. The van der Waals surface area contributed by atoms with Crippen molar-refractivity contribution in [2.24, 2.45) is 5.92 Å². The van der Waals surface area contributed by atoms with Gasteiger partial charge in [-0.1, -0.05) is 18.2 Å². The molecule has 0 saturated carbocycles. The van der Waals surface area contributed by atoms with Crippen molar-refractivity contribution >= 4 is 28.9 Å². The summed E-state index contributed by atoms with van der Waals surface area (Å²) in [6.45, 7) is 3.66. The molecule has 2 saturated heterocycles. The first-order chi connectivity index (χ1) is 13.2. The third-order valence-corrected chi connectivity index (χ3v) is 5.07. The van der Waals surface area contributed by atoms with Crippen LogP contribution in [-0.4, -0.2) is 44.7 Å². The number of hydrogen-bond donors (Lipinski definition) is 1. The van der Waals surface area contributed by atoms with Crippen LogP contribution in [0.4, 0.5) is 17.1 Å². The molecular weight excluding hydrogens is 342 g/mol. The molecule has 4 rings (SSSR count). The van der Waals surface area contributed by atoms with Gasteiger partial charge >= 0.3 is 0 Å². The average molecular weight is 365 g/mol. The number of para-hydroxylation sites is 1. The van der Waals surface area contributed by atoms with E-state index in [1.54, 1.807) is 4.90 Å². The van der Waals surface area contributed by atoms with E-state index in [2.05, 4.69) is 10.2 Å². The maximum absolute atomic E-state index is 12.6. The number of anilines is 3. The van der Waals surface area contributed by atoms with Gasteiger partial charge in [0.05, 0.1) is 19.1 Å². The van der Waals surface area contributed by atoms with E-state index >= 15 is 0 Å². The van der Waals surface area contributed by atoms with Gasteiger partial charge in [0, 0.05) is 43.1 Å². The van der Waals surface area contributed by atoms with Crippen LogP contribution in [-0.2, 0) is 14.3 Å². The van der Waals surface area contributed by atoms with Crippen LogP contribution in [0.25, 0.3) is 0 Å². The van der Waals surface area contributed by atoms with Crippen molar-refractivity contribution < 1.29 is 14.3 Å². The molecule has 0 spiro atoms. The zero-order valence-electron chi connectivity index (χ0n) is 15.1. The molecule has 27 heavy (non-hydrogen) atoms. The van der Waals surface area contributed by atoms with Gasteiger partial charge in [0.1, 0.15) is 0 Å². The van der Waals surface area contributed by atoms with E-state index < -0.39 is 0 Å². The lowest BCUT2D eigenvalue weighted by Gasteiger charge is -2.28. The zero-order chi connectivity index (χ0) is 18.6. The van der Waals surface area contributed by atoms with Crippen molar-refractivity contribution in [2.75, 3.05) is 48.0 Å². The third-order valence-electron chi connectivity index (χ3n) is 5.07. The molecular formula is C21H23N3O3. The summed E-state index contributed by atoms with van der Waals surface area (Å²) in [5.74, 6) is -0.457. The smallest absolute Gasteiger partial charge is 0.229 e. The lowest BCUT2D eigenvalue weighted by Crippen LogP contribution is -2.36. The van der Waals surface area contributed by atoms with Crippen LogP contribution in [0.15, 0.2) is 54.6 Å². The van der Waals surface area contributed by atoms with E-state index in [-0.39, 0.29) is 24.2 Å². The second-order valence-electron chi connectivity index (χ2n) is 6.88. The van der Waals surface area contributed by atoms with Crippen LogP contribution in [0.1, 0.15) is 6.42 Å². The average Bonchev–Trinajstić information content (AvgIpc) is 3.12. The number of carbonyl (C=O) groups is 2. The number of nitrogens with zero attached hydrogens (tertiary/aromatic N) is 2. The summed E-state index contributed by atoms with van der Waals surface area (Å²) < 4.78 is 5.37. The molecule has 2 heterocycles. The Balaban J connectivity index is 1.37. The van der Waals surface area contributed by atoms with E-state index in [0.717, 1.165) is 43.4 Å². The number of ether oxygens (including phenoxy) is 1. The van der Waals surface area contributed by atoms with Crippen molar-refractivity contribution in [1.29, 1.82) is 0 Å². The van der Waals surface area contributed by atoms with E-state index in [1.165, 1.54) is 0 Å². The molecule has 2 aromatic carbocycles. The lowest BCUT2D eigenvalue weighted by molar-refractivity contribution is -0.122. The van der Waals surface area contributed by atoms with Gasteiger partial charge in [-0.15, -0.1) is 0 Å².